The smallest absolute Gasteiger partial charge is 0.295 e. The molecule has 0 radical (unpaired) electrons. The van der Waals surface area contributed by atoms with Crippen molar-refractivity contribution in [3.8, 4) is 0 Å². The van der Waals surface area contributed by atoms with Gasteiger partial charge in [0.25, 0.3) is 5.91 Å². The molecule has 5 heteroatoms. The number of amides is 1. The molecule has 5 nitrogen and oxygen atoms in total. The quantitative estimate of drug-likeness (QED) is 0.479. The number of hydrogen-bond acceptors (Lipinski definition) is 2. The molecule has 0 spiro atoms. The van der Waals surface area contributed by atoms with E-state index >= 15 is 0 Å². The summed E-state index contributed by atoms with van der Waals surface area (Å²) in [6.07, 6.45) is 1.71. The summed E-state index contributed by atoms with van der Waals surface area (Å²) >= 11 is 0. The number of hydrogen-bond donors (Lipinski definition) is 3. The molecule has 27 heavy (non-hydrogen) atoms. The van der Waals surface area contributed by atoms with Gasteiger partial charge in [-0.2, -0.15) is 5.10 Å². The number of nitrogens with zero attached hydrogens (tertiary/aromatic N) is 1. The Hall–Kier alpha value is -2.50. The van der Waals surface area contributed by atoms with E-state index in [1.165, 1.54) is 16.0 Å². The summed E-state index contributed by atoms with van der Waals surface area (Å²) < 4.78 is 0. The van der Waals surface area contributed by atoms with Crippen molar-refractivity contribution in [2.75, 3.05) is 32.7 Å². The first-order valence-electron chi connectivity index (χ1n) is 9.70. The maximum absolute atomic E-state index is 12.1. The highest BCUT2D eigenvalue weighted by Crippen LogP contribution is 2.03. The molecule has 0 bridgehead atoms. The number of carbonyl (C=O) groups excluding carboxylic acids is 1. The number of rotatable bonds is 6. The summed E-state index contributed by atoms with van der Waals surface area (Å²) in [5.41, 5.74) is 7.53. The van der Waals surface area contributed by atoms with Crippen LogP contribution in [0.1, 0.15) is 22.3 Å². The molecule has 1 amide bonds. The number of quaternary nitrogens is 2. The molecule has 0 saturated carbocycles. The van der Waals surface area contributed by atoms with Crippen LogP contribution in [0, 0.1) is 13.8 Å². The highest BCUT2D eigenvalue weighted by molar-refractivity contribution is 5.83. The van der Waals surface area contributed by atoms with Gasteiger partial charge in [0.15, 0.2) is 6.54 Å². The molecular formula is C22H30N4O+2. The summed E-state index contributed by atoms with van der Waals surface area (Å²) in [7, 11) is 0. The van der Waals surface area contributed by atoms with E-state index in [4.69, 9.17) is 0 Å². The molecule has 1 saturated heterocycles. The van der Waals surface area contributed by atoms with Crippen LogP contribution in [0.3, 0.4) is 0 Å². The van der Waals surface area contributed by atoms with Crippen molar-refractivity contribution in [3.05, 3.63) is 70.8 Å². The zero-order chi connectivity index (χ0) is 19.1. The second-order valence-corrected chi connectivity index (χ2v) is 7.49. The maximum Gasteiger partial charge on any atom is 0.295 e. The van der Waals surface area contributed by atoms with Crippen molar-refractivity contribution in [2.24, 2.45) is 5.10 Å². The van der Waals surface area contributed by atoms with Crippen molar-refractivity contribution in [1.82, 2.24) is 5.43 Å². The van der Waals surface area contributed by atoms with E-state index in [0.717, 1.165) is 43.9 Å². The normalized spacial score (nSPS) is 19.9. The topological polar surface area (TPSA) is 50.3 Å². The largest absolute Gasteiger partial charge is 0.322 e. The number of carbonyl (C=O) groups is 1. The fourth-order valence-electron chi connectivity index (χ4n) is 3.48. The Labute approximate surface area is 161 Å². The van der Waals surface area contributed by atoms with Crippen molar-refractivity contribution in [3.63, 3.8) is 0 Å². The van der Waals surface area contributed by atoms with Crippen LogP contribution in [0.2, 0.25) is 0 Å². The van der Waals surface area contributed by atoms with E-state index in [1.807, 2.05) is 31.2 Å². The van der Waals surface area contributed by atoms with Crippen LogP contribution in [0.15, 0.2) is 53.6 Å². The zero-order valence-electron chi connectivity index (χ0n) is 16.3. The van der Waals surface area contributed by atoms with Gasteiger partial charge < -0.3 is 9.80 Å². The number of benzene rings is 2. The van der Waals surface area contributed by atoms with Gasteiger partial charge in [0.2, 0.25) is 0 Å². The lowest BCUT2D eigenvalue weighted by Gasteiger charge is -2.29. The number of aryl methyl sites for hydroxylation is 2. The van der Waals surface area contributed by atoms with Crippen molar-refractivity contribution in [2.45, 2.75) is 20.4 Å². The van der Waals surface area contributed by atoms with Crippen LogP contribution in [0.25, 0.3) is 0 Å². The Morgan fingerprint density at radius 2 is 1.67 bits per heavy atom. The minimum absolute atomic E-state index is 0.0168. The van der Waals surface area contributed by atoms with Gasteiger partial charge >= 0.3 is 0 Å². The average molecular weight is 367 g/mol. The lowest BCUT2D eigenvalue weighted by molar-refractivity contribution is -1.02. The second-order valence-electron chi connectivity index (χ2n) is 7.49. The Morgan fingerprint density at radius 3 is 2.37 bits per heavy atom. The summed E-state index contributed by atoms with van der Waals surface area (Å²) in [4.78, 5) is 15.1. The van der Waals surface area contributed by atoms with Crippen LogP contribution in [-0.4, -0.2) is 44.8 Å². The molecule has 1 heterocycles. The van der Waals surface area contributed by atoms with Crippen molar-refractivity contribution >= 4 is 12.1 Å². The molecule has 142 valence electrons. The van der Waals surface area contributed by atoms with Gasteiger partial charge in [-0.25, -0.2) is 5.43 Å². The minimum atomic E-state index is -0.0168. The summed E-state index contributed by atoms with van der Waals surface area (Å²) in [5, 5.41) is 4.10. The molecule has 0 aliphatic carbocycles. The van der Waals surface area contributed by atoms with Gasteiger partial charge in [-0.15, -0.1) is 0 Å². The number of hydrazone groups is 1. The third-order valence-corrected chi connectivity index (χ3v) is 5.23. The molecule has 2 aromatic carbocycles. The van der Waals surface area contributed by atoms with Gasteiger partial charge in [0.05, 0.1) is 6.21 Å². The predicted molar refractivity (Wildman–Crippen MR) is 108 cm³/mol. The summed E-state index contributed by atoms with van der Waals surface area (Å²) in [5.74, 6) is -0.0168. The molecule has 0 atom stereocenters. The monoisotopic (exact) mass is 366 g/mol. The Bertz CT molecular complexity index is 777. The third-order valence-electron chi connectivity index (χ3n) is 5.23. The van der Waals surface area contributed by atoms with Crippen LogP contribution >= 0.6 is 0 Å². The standard InChI is InChI=1S/C22H28N4O/c1-18-7-9-20(10-8-18)16-25-11-13-26(14-12-25)17-22(27)24-23-15-21-6-4-3-5-19(21)2/h3-10,15H,11-14,16-17H2,1-2H3,(H,24,27)/p+2/b23-15-. The Morgan fingerprint density at radius 1 is 1.00 bits per heavy atom. The lowest BCUT2D eigenvalue weighted by atomic mass is 10.1. The van der Waals surface area contributed by atoms with E-state index < -0.39 is 0 Å². The highest BCUT2D eigenvalue weighted by Gasteiger charge is 2.24. The van der Waals surface area contributed by atoms with Gasteiger partial charge in [0.1, 0.15) is 32.7 Å². The first kappa shape index (κ1) is 19.3. The van der Waals surface area contributed by atoms with E-state index in [0.29, 0.717) is 6.54 Å². The zero-order valence-corrected chi connectivity index (χ0v) is 16.3. The Balaban J connectivity index is 1.39. The Kier molecular flexibility index (Phi) is 6.74. The number of piperazine rings is 1. The van der Waals surface area contributed by atoms with Crippen molar-refractivity contribution in [1.29, 1.82) is 0 Å². The SMILES string of the molecule is Cc1ccc(C[NH+]2CC[NH+](CC(=O)N/N=C\c3ccccc3C)CC2)cc1. The third kappa shape index (κ3) is 6.01. The maximum atomic E-state index is 12.1. The fourth-order valence-corrected chi connectivity index (χ4v) is 3.48. The van der Waals surface area contributed by atoms with E-state index in [-0.39, 0.29) is 5.91 Å². The summed E-state index contributed by atoms with van der Waals surface area (Å²) in [6, 6.07) is 16.8. The molecule has 0 aromatic heterocycles. The summed E-state index contributed by atoms with van der Waals surface area (Å²) in [6.45, 7) is 9.96. The van der Waals surface area contributed by atoms with Gasteiger partial charge in [-0.05, 0) is 25.0 Å². The minimum Gasteiger partial charge on any atom is -0.322 e. The molecule has 2 aromatic rings. The highest BCUT2D eigenvalue weighted by atomic mass is 16.2. The molecular weight excluding hydrogens is 336 g/mol. The molecule has 3 N–H and O–H groups in total. The van der Waals surface area contributed by atoms with Gasteiger partial charge in [-0.1, -0.05) is 54.1 Å². The first-order chi connectivity index (χ1) is 13.1. The van der Waals surface area contributed by atoms with Crippen LogP contribution in [-0.2, 0) is 11.3 Å². The van der Waals surface area contributed by atoms with Gasteiger partial charge in [0, 0.05) is 5.56 Å². The van der Waals surface area contributed by atoms with Gasteiger partial charge in [-0.3, -0.25) is 4.79 Å². The first-order valence-corrected chi connectivity index (χ1v) is 9.70. The molecule has 3 rings (SSSR count). The average Bonchev–Trinajstić information content (AvgIpc) is 2.67. The molecule has 1 fully saturated rings. The van der Waals surface area contributed by atoms with E-state index in [2.05, 4.69) is 41.7 Å². The second kappa shape index (κ2) is 9.44. The van der Waals surface area contributed by atoms with Crippen molar-refractivity contribution < 1.29 is 14.6 Å². The van der Waals surface area contributed by atoms with Crippen LogP contribution in [0.4, 0.5) is 0 Å². The van der Waals surface area contributed by atoms with Crippen LogP contribution in [0.5, 0.6) is 0 Å². The molecule has 1 aliphatic rings. The fraction of sp³-hybridized carbons (Fsp3) is 0.364. The van der Waals surface area contributed by atoms with Crippen LogP contribution < -0.4 is 15.2 Å². The van der Waals surface area contributed by atoms with E-state index in [1.54, 1.807) is 11.1 Å². The number of nitrogens with one attached hydrogen (secondary N) is 3. The predicted octanol–water partition coefficient (Wildman–Crippen LogP) is -0.263. The molecule has 0 unspecified atom stereocenters. The lowest BCUT2D eigenvalue weighted by Crippen LogP contribution is -3.28. The van der Waals surface area contributed by atoms with E-state index in [9.17, 15) is 4.79 Å². The molecule has 1 aliphatic heterocycles.